The third-order valence-corrected chi connectivity index (χ3v) is 5.93. The first kappa shape index (κ1) is 13.4. The minimum absolute atomic E-state index is 0.119. The lowest BCUT2D eigenvalue weighted by Crippen LogP contribution is -2.33. The maximum atomic E-state index is 12.1. The molecule has 1 aromatic rings. The van der Waals surface area contributed by atoms with E-state index in [-0.39, 0.29) is 12.2 Å². The number of nitrogens with one attached hydrogen (secondary N) is 1. The molecule has 0 unspecified atom stereocenters. The van der Waals surface area contributed by atoms with E-state index < -0.39 is 0 Å². The quantitative estimate of drug-likeness (QED) is 0.859. The topological polar surface area (TPSA) is 38.3 Å². The summed E-state index contributed by atoms with van der Waals surface area (Å²) >= 11 is 5.92. The minimum atomic E-state index is -0.343. The van der Waals surface area contributed by atoms with Crippen molar-refractivity contribution in [2.24, 2.45) is 23.7 Å². The molecule has 3 nitrogen and oxygen atoms in total. The van der Waals surface area contributed by atoms with Gasteiger partial charge in [-0.25, -0.2) is 4.79 Å². The zero-order valence-electron chi connectivity index (χ0n) is 11.9. The van der Waals surface area contributed by atoms with Crippen molar-refractivity contribution in [3.8, 4) is 0 Å². The Hall–Kier alpha value is -1.22. The van der Waals surface area contributed by atoms with Crippen LogP contribution in [0, 0.1) is 23.7 Å². The van der Waals surface area contributed by atoms with Gasteiger partial charge in [0.2, 0.25) is 0 Å². The molecule has 2 bridgehead atoms. The number of anilines is 1. The van der Waals surface area contributed by atoms with Gasteiger partial charge in [0.15, 0.2) is 0 Å². The van der Waals surface area contributed by atoms with Gasteiger partial charge in [-0.2, -0.15) is 0 Å². The van der Waals surface area contributed by atoms with E-state index in [1.54, 1.807) is 12.1 Å². The molecule has 1 amide bonds. The molecule has 0 saturated heterocycles. The van der Waals surface area contributed by atoms with Crippen LogP contribution in [0.1, 0.15) is 32.1 Å². The highest BCUT2D eigenvalue weighted by molar-refractivity contribution is 6.30. The largest absolute Gasteiger partial charge is 0.446 e. The predicted octanol–water partition coefficient (Wildman–Crippen LogP) is 4.71. The van der Waals surface area contributed by atoms with E-state index in [9.17, 15) is 4.79 Å². The molecule has 4 rings (SSSR count). The molecule has 21 heavy (non-hydrogen) atoms. The number of hydrogen-bond donors (Lipinski definition) is 1. The number of halogens is 1. The standard InChI is InChI=1S/C17H20ClNO2/c18-11-3-1-4-12(9-11)19-17(20)21-16-8-10-7-15(16)14-6-2-5-13(10)14/h1,3-4,9-10,13-16H,2,5-8H2,(H,19,20)/t10-,13+,14-,15+,16-/m0/s1. The van der Waals surface area contributed by atoms with Crippen molar-refractivity contribution in [3.05, 3.63) is 29.3 Å². The summed E-state index contributed by atoms with van der Waals surface area (Å²) in [5, 5.41) is 3.40. The molecular formula is C17H20ClNO2. The number of rotatable bonds is 2. The Morgan fingerprint density at radius 2 is 2.05 bits per heavy atom. The van der Waals surface area contributed by atoms with Gasteiger partial charge in [-0.05, 0) is 67.6 Å². The Morgan fingerprint density at radius 3 is 2.90 bits per heavy atom. The lowest BCUT2D eigenvalue weighted by atomic mass is 9.80. The van der Waals surface area contributed by atoms with Gasteiger partial charge in [-0.1, -0.05) is 24.1 Å². The maximum Gasteiger partial charge on any atom is 0.411 e. The van der Waals surface area contributed by atoms with Gasteiger partial charge in [0.05, 0.1) is 0 Å². The first-order valence-electron chi connectivity index (χ1n) is 7.94. The van der Waals surface area contributed by atoms with Crippen LogP contribution < -0.4 is 5.32 Å². The molecule has 3 saturated carbocycles. The van der Waals surface area contributed by atoms with Crippen molar-refractivity contribution in [1.29, 1.82) is 0 Å². The molecule has 0 aromatic heterocycles. The fraction of sp³-hybridized carbons (Fsp3) is 0.588. The van der Waals surface area contributed by atoms with Crippen molar-refractivity contribution < 1.29 is 9.53 Å². The van der Waals surface area contributed by atoms with Gasteiger partial charge in [-0.3, -0.25) is 5.32 Å². The summed E-state index contributed by atoms with van der Waals surface area (Å²) in [4.78, 5) is 12.1. The molecule has 0 aliphatic heterocycles. The fourth-order valence-electron chi connectivity index (χ4n) is 4.99. The third-order valence-electron chi connectivity index (χ3n) is 5.70. The highest BCUT2D eigenvalue weighted by Crippen LogP contribution is 2.59. The smallest absolute Gasteiger partial charge is 0.411 e. The molecule has 112 valence electrons. The highest BCUT2D eigenvalue weighted by Gasteiger charge is 2.55. The normalized spacial score (nSPS) is 36.5. The number of ether oxygens (including phenoxy) is 1. The van der Waals surface area contributed by atoms with E-state index in [2.05, 4.69) is 5.32 Å². The summed E-state index contributed by atoms with van der Waals surface area (Å²) in [6, 6.07) is 7.16. The van der Waals surface area contributed by atoms with Crippen molar-refractivity contribution in [3.63, 3.8) is 0 Å². The molecule has 0 spiro atoms. The Labute approximate surface area is 130 Å². The van der Waals surface area contributed by atoms with E-state index >= 15 is 0 Å². The number of carbonyl (C=O) groups excluding carboxylic acids is 1. The van der Waals surface area contributed by atoms with Gasteiger partial charge >= 0.3 is 6.09 Å². The summed E-state index contributed by atoms with van der Waals surface area (Å²) in [6.45, 7) is 0. The average molecular weight is 306 g/mol. The van der Waals surface area contributed by atoms with Crippen LogP contribution >= 0.6 is 11.6 Å². The second-order valence-corrected chi connectivity index (χ2v) is 7.17. The number of hydrogen-bond acceptors (Lipinski definition) is 2. The van der Waals surface area contributed by atoms with Crippen molar-refractivity contribution in [2.45, 2.75) is 38.2 Å². The Bertz CT molecular complexity index is 561. The lowest BCUT2D eigenvalue weighted by Gasteiger charge is -2.31. The Morgan fingerprint density at radius 1 is 1.19 bits per heavy atom. The molecule has 1 N–H and O–H groups in total. The van der Waals surface area contributed by atoms with Crippen LogP contribution in [-0.4, -0.2) is 12.2 Å². The first-order valence-corrected chi connectivity index (χ1v) is 8.32. The van der Waals surface area contributed by atoms with Gasteiger partial charge in [0, 0.05) is 10.7 Å². The molecule has 0 radical (unpaired) electrons. The molecule has 3 aliphatic rings. The molecule has 5 atom stereocenters. The molecule has 3 fully saturated rings. The van der Waals surface area contributed by atoms with Crippen LogP contribution in [-0.2, 0) is 4.74 Å². The van der Waals surface area contributed by atoms with E-state index in [1.807, 2.05) is 12.1 Å². The number of amides is 1. The summed E-state index contributed by atoms with van der Waals surface area (Å²) in [5.41, 5.74) is 0.689. The van der Waals surface area contributed by atoms with Crippen LogP contribution in [0.25, 0.3) is 0 Å². The zero-order valence-corrected chi connectivity index (χ0v) is 12.7. The summed E-state index contributed by atoms with van der Waals surface area (Å²) < 4.78 is 5.70. The SMILES string of the molecule is O=C(Nc1cccc(Cl)c1)O[C@H]1C[C@@H]2C[C@@H]1[C@H]1CCC[C@H]21. The van der Waals surface area contributed by atoms with Crippen LogP contribution in [0.2, 0.25) is 5.02 Å². The highest BCUT2D eigenvalue weighted by atomic mass is 35.5. The number of benzene rings is 1. The lowest BCUT2D eigenvalue weighted by molar-refractivity contribution is 0.0431. The van der Waals surface area contributed by atoms with E-state index in [0.717, 1.165) is 24.2 Å². The van der Waals surface area contributed by atoms with E-state index in [0.29, 0.717) is 16.6 Å². The molecule has 3 aliphatic carbocycles. The minimum Gasteiger partial charge on any atom is -0.446 e. The van der Waals surface area contributed by atoms with Gasteiger partial charge in [-0.15, -0.1) is 0 Å². The molecular weight excluding hydrogens is 286 g/mol. The number of carbonyl (C=O) groups is 1. The predicted molar refractivity (Wildman–Crippen MR) is 82.4 cm³/mol. The average Bonchev–Trinajstić information content (AvgIpc) is 3.09. The Kier molecular flexibility index (Phi) is 3.33. The van der Waals surface area contributed by atoms with Crippen molar-refractivity contribution in [1.82, 2.24) is 0 Å². The summed E-state index contributed by atoms with van der Waals surface area (Å²) in [7, 11) is 0. The van der Waals surface area contributed by atoms with Crippen molar-refractivity contribution >= 4 is 23.4 Å². The van der Waals surface area contributed by atoms with Crippen LogP contribution in [0.15, 0.2) is 24.3 Å². The van der Waals surface area contributed by atoms with Crippen molar-refractivity contribution in [2.75, 3.05) is 5.32 Å². The van der Waals surface area contributed by atoms with Gasteiger partial charge < -0.3 is 4.74 Å². The molecule has 0 heterocycles. The van der Waals surface area contributed by atoms with Crippen LogP contribution in [0.3, 0.4) is 0 Å². The monoisotopic (exact) mass is 305 g/mol. The number of fused-ring (bicyclic) bond motifs is 5. The second kappa shape index (κ2) is 5.20. The van der Waals surface area contributed by atoms with E-state index in [4.69, 9.17) is 16.3 Å². The van der Waals surface area contributed by atoms with Gasteiger partial charge in [0.25, 0.3) is 0 Å². The maximum absolute atomic E-state index is 12.1. The van der Waals surface area contributed by atoms with Crippen LogP contribution in [0.5, 0.6) is 0 Å². The summed E-state index contributed by atoms with van der Waals surface area (Å²) in [5.74, 6) is 3.14. The van der Waals surface area contributed by atoms with Gasteiger partial charge in [0.1, 0.15) is 6.10 Å². The fourth-order valence-corrected chi connectivity index (χ4v) is 5.18. The van der Waals surface area contributed by atoms with Crippen LogP contribution in [0.4, 0.5) is 10.5 Å². The Balaban J connectivity index is 1.37. The zero-order chi connectivity index (χ0) is 14.4. The third kappa shape index (κ3) is 2.42. The van der Waals surface area contributed by atoms with E-state index in [1.165, 1.54) is 25.7 Å². The second-order valence-electron chi connectivity index (χ2n) is 6.73. The first-order chi connectivity index (χ1) is 10.2. The molecule has 4 heteroatoms. The summed E-state index contributed by atoms with van der Waals surface area (Å²) in [6.07, 6.45) is 6.20. The molecule has 1 aromatic carbocycles.